The van der Waals surface area contributed by atoms with E-state index >= 15 is 0 Å². The summed E-state index contributed by atoms with van der Waals surface area (Å²) in [6, 6.07) is 5.89. The minimum absolute atomic E-state index is 0.130. The number of sulfonamides is 1. The molecule has 0 atom stereocenters. The molecule has 0 aliphatic rings. The Balaban J connectivity index is 2.30. The van der Waals surface area contributed by atoms with Crippen molar-refractivity contribution in [3.63, 3.8) is 0 Å². The molecule has 2 rings (SSSR count). The van der Waals surface area contributed by atoms with Gasteiger partial charge in [0.15, 0.2) is 0 Å². The summed E-state index contributed by atoms with van der Waals surface area (Å²) in [4.78, 5) is 11.0. The lowest BCUT2D eigenvalue weighted by Crippen LogP contribution is -2.15. The molecule has 1 heterocycles. The number of aromatic nitrogens is 2. The van der Waals surface area contributed by atoms with Crippen LogP contribution >= 0.6 is 11.3 Å². The Hall–Kier alpha value is -2.00. The predicted octanol–water partition coefficient (Wildman–Crippen LogP) is 0.746. The van der Waals surface area contributed by atoms with E-state index in [4.69, 9.17) is 5.73 Å². The van der Waals surface area contributed by atoms with Crippen LogP contribution in [0, 0.1) is 6.92 Å². The standard InChI is InChI=1S/C10H10N4O3S2/c1-6-12-13-10(18-6)19(16,17)14-8-4-2-3-7(5-8)9(11)15/h2-5,14H,1H3,(H2,11,15). The van der Waals surface area contributed by atoms with Crippen LogP contribution in [0.25, 0.3) is 0 Å². The quantitative estimate of drug-likeness (QED) is 0.864. The van der Waals surface area contributed by atoms with Crippen molar-refractivity contribution in [2.45, 2.75) is 11.3 Å². The summed E-state index contributed by atoms with van der Waals surface area (Å²) in [5, 5.41) is 7.76. The number of carbonyl (C=O) groups excluding carboxylic acids is 1. The van der Waals surface area contributed by atoms with Crippen molar-refractivity contribution in [1.29, 1.82) is 0 Å². The third kappa shape index (κ3) is 3.06. The smallest absolute Gasteiger partial charge is 0.291 e. The second-order valence-electron chi connectivity index (χ2n) is 3.64. The molecule has 3 N–H and O–H groups in total. The van der Waals surface area contributed by atoms with Crippen LogP contribution < -0.4 is 10.5 Å². The van der Waals surface area contributed by atoms with Gasteiger partial charge in [-0.1, -0.05) is 17.4 Å². The number of nitrogens with one attached hydrogen (secondary N) is 1. The monoisotopic (exact) mass is 298 g/mol. The highest BCUT2D eigenvalue weighted by molar-refractivity contribution is 7.94. The molecule has 0 radical (unpaired) electrons. The van der Waals surface area contributed by atoms with Crippen molar-refractivity contribution in [2.24, 2.45) is 5.73 Å². The van der Waals surface area contributed by atoms with E-state index in [9.17, 15) is 13.2 Å². The van der Waals surface area contributed by atoms with Crippen molar-refractivity contribution < 1.29 is 13.2 Å². The van der Waals surface area contributed by atoms with Gasteiger partial charge in [0, 0.05) is 11.3 Å². The number of carbonyl (C=O) groups is 1. The van der Waals surface area contributed by atoms with Gasteiger partial charge in [-0.3, -0.25) is 9.52 Å². The highest BCUT2D eigenvalue weighted by Gasteiger charge is 2.19. The topological polar surface area (TPSA) is 115 Å². The third-order valence-electron chi connectivity index (χ3n) is 2.14. The minimum atomic E-state index is -3.79. The molecule has 0 saturated heterocycles. The summed E-state index contributed by atoms with van der Waals surface area (Å²) < 4.78 is 26.1. The van der Waals surface area contributed by atoms with Gasteiger partial charge in [-0.15, -0.1) is 10.2 Å². The lowest BCUT2D eigenvalue weighted by Gasteiger charge is -2.05. The van der Waals surface area contributed by atoms with Gasteiger partial charge >= 0.3 is 0 Å². The van der Waals surface area contributed by atoms with Crippen LogP contribution in [0.4, 0.5) is 5.69 Å². The normalized spacial score (nSPS) is 11.2. The van der Waals surface area contributed by atoms with Crippen LogP contribution in [0.1, 0.15) is 15.4 Å². The Morgan fingerprint density at radius 2 is 2.11 bits per heavy atom. The number of rotatable bonds is 4. The molecule has 9 heteroatoms. The summed E-state index contributed by atoms with van der Waals surface area (Å²) in [7, 11) is -3.79. The number of anilines is 1. The van der Waals surface area contributed by atoms with Gasteiger partial charge in [0.1, 0.15) is 5.01 Å². The molecule has 0 spiro atoms. The fraction of sp³-hybridized carbons (Fsp3) is 0.100. The van der Waals surface area contributed by atoms with E-state index in [2.05, 4.69) is 14.9 Å². The zero-order chi connectivity index (χ0) is 14.0. The molecule has 0 unspecified atom stereocenters. The largest absolute Gasteiger partial charge is 0.366 e. The summed E-state index contributed by atoms with van der Waals surface area (Å²) in [6.07, 6.45) is 0. The maximum Gasteiger partial charge on any atom is 0.291 e. The highest BCUT2D eigenvalue weighted by Crippen LogP contribution is 2.19. The van der Waals surface area contributed by atoms with E-state index in [1.807, 2.05) is 0 Å². The predicted molar refractivity (Wildman–Crippen MR) is 70.4 cm³/mol. The maximum atomic E-state index is 12.0. The van der Waals surface area contributed by atoms with E-state index in [1.54, 1.807) is 6.92 Å². The van der Waals surface area contributed by atoms with Gasteiger partial charge in [-0.2, -0.15) is 8.42 Å². The zero-order valence-electron chi connectivity index (χ0n) is 9.82. The van der Waals surface area contributed by atoms with Gasteiger partial charge in [0.05, 0.1) is 0 Å². The third-order valence-corrected chi connectivity index (χ3v) is 4.72. The van der Waals surface area contributed by atoms with Crippen molar-refractivity contribution in [3.05, 3.63) is 34.8 Å². The van der Waals surface area contributed by atoms with Crippen molar-refractivity contribution in [1.82, 2.24) is 10.2 Å². The Bertz CT molecular complexity index is 724. The van der Waals surface area contributed by atoms with Crippen molar-refractivity contribution in [3.8, 4) is 0 Å². The molecule has 2 aromatic rings. The van der Waals surface area contributed by atoms with Gasteiger partial charge < -0.3 is 5.73 Å². The minimum Gasteiger partial charge on any atom is -0.366 e. The molecule has 0 bridgehead atoms. The van der Waals surface area contributed by atoms with Crippen molar-refractivity contribution in [2.75, 3.05) is 4.72 Å². The number of primary amides is 1. The number of nitrogens with zero attached hydrogens (tertiary/aromatic N) is 2. The SMILES string of the molecule is Cc1nnc(S(=O)(=O)Nc2cccc(C(N)=O)c2)s1. The van der Waals surface area contributed by atoms with Gasteiger partial charge in [-0.25, -0.2) is 0 Å². The first-order chi connectivity index (χ1) is 8.88. The van der Waals surface area contributed by atoms with Crippen LogP contribution in [0.2, 0.25) is 0 Å². The molecule has 0 saturated carbocycles. The average Bonchev–Trinajstić information content (AvgIpc) is 2.76. The van der Waals surface area contributed by atoms with Gasteiger partial charge in [0.2, 0.25) is 5.91 Å². The fourth-order valence-corrected chi connectivity index (χ4v) is 3.34. The van der Waals surface area contributed by atoms with Crippen LogP contribution in [-0.2, 0) is 10.0 Å². The molecule has 0 aliphatic heterocycles. The number of hydrogen-bond acceptors (Lipinski definition) is 6. The Labute approximate surface area is 113 Å². The molecule has 1 aromatic heterocycles. The molecule has 100 valence electrons. The molecule has 7 nitrogen and oxygen atoms in total. The molecular weight excluding hydrogens is 288 g/mol. The lowest BCUT2D eigenvalue weighted by molar-refractivity contribution is 0.100. The highest BCUT2D eigenvalue weighted by atomic mass is 32.2. The van der Waals surface area contributed by atoms with E-state index in [0.29, 0.717) is 5.01 Å². The lowest BCUT2D eigenvalue weighted by atomic mass is 10.2. The number of benzene rings is 1. The molecule has 1 amide bonds. The Kier molecular flexibility index (Phi) is 3.49. The van der Waals surface area contributed by atoms with Crippen LogP contribution in [0.15, 0.2) is 28.6 Å². The first kappa shape index (κ1) is 13.4. The maximum absolute atomic E-state index is 12.0. The average molecular weight is 298 g/mol. The van der Waals surface area contributed by atoms with Crippen LogP contribution in [0.3, 0.4) is 0 Å². The summed E-state index contributed by atoms with van der Waals surface area (Å²) in [5.74, 6) is -0.632. The zero-order valence-corrected chi connectivity index (χ0v) is 11.5. The molecule has 1 aromatic carbocycles. The number of hydrogen-bond donors (Lipinski definition) is 2. The Morgan fingerprint density at radius 3 is 2.68 bits per heavy atom. The van der Waals surface area contributed by atoms with Crippen LogP contribution in [0.5, 0.6) is 0 Å². The summed E-state index contributed by atoms with van der Waals surface area (Å²) in [5.41, 5.74) is 5.58. The van der Waals surface area contributed by atoms with E-state index < -0.39 is 15.9 Å². The second-order valence-corrected chi connectivity index (χ2v) is 6.68. The van der Waals surface area contributed by atoms with E-state index in [1.165, 1.54) is 24.3 Å². The molecule has 0 aliphatic carbocycles. The number of nitrogens with two attached hydrogens (primary N) is 1. The molecule has 0 fully saturated rings. The fourth-order valence-electron chi connectivity index (χ4n) is 1.32. The Morgan fingerprint density at radius 1 is 1.37 bits per heavy atom. The number of aryl methyl sites for hydroxylation is 1. The first-order valence-electron chi connectivity index (χ1n) is 5.11. The van der Waals surface area contributed by atoms with Gasteiger partial charge in [-0.05, 0) is 25.1 Å². The summed E-state index contributed by atoms with van der Waals surface area (Å²) in [6.45, 7) is 1.66. The van der Waals surface area contributed by atoms with Gasteiger partial charge in [0.25, 0.3) is 14.4 Å². The summed E-state index contributed by atoms with van der Waals surface area (Å²) >= 11 is 0.960. The molecular formula is C10H10N4O3S2. The van der Waals surface area contributed by atoms with Crippen molar-refractivity contribution >= 4 is 33.0 Å². The second kappa shape index (κ2) is 4.94. The van der Waals surface area contributed by atoms with E-state index in [-0.39, 0.29) is 15.6 Å². The van der Waals surface area contributed by atoms with Crippen LogP contribution in [-0.4, -0.2) is 24.5 Å². The first-order valence-corrected chi connectivity index (χ1v) is 7.41. The van der Waals surface area contributed by atoms with E-state index in [0.717, 1.165) is 11.3 Å². The molecule has 19 heavy (non-hydrogen) atoms. The number of amides is 1.